The van der Waals surface area contributed by atoms with E-state index in [1.54, 1.807) is 26.6 Å². The van der Waals surface area contributed by atoms with Gasteiger partial charge in [0.05, 0.1) is 32.3 Å². The summed E-state index contributed by atoms with van der Waals surface area (Å²) >= 11 is 0. The summed E-state index contributed by atoms with van der Waals surface area (Å²) in [6.45, 7) is 0.562. The zero-order chi connectivity index (χ0) is 21.5. The molecule has 0 saturated heterocycles. The molecule has 4 N–H and O–H groups in total. The Labute approximate surface area is 174 Å². The lowest BCUT2D eigenvalue weighted by Gasteiger charge is -2.11. The summed E-state index contributed by atoms with van der Waals surface area (Å²) in [5.41, 5.74) is 9.06. The SMILES string of the molecule is COc1ccc(CNc2cnc(-c3ccc(C[C@H](N)C(=O)O)cc3)cn2)cc1OC. The van der Waals surface area contributed by atoms with Crippen molar-refractivity contribution in [3.05, 3.63) is 66.0 Å². The normalized spacial score (nSPS) is 11.6. The summed E-state index contributed by atoms with van der Waals surface area (Å²) in [5.74, 6) is 0.992. The van der Waals surface area contributed by atoms with Gasteiger partial charge in [0.15, 0.2) is 11.5 Å². The third kappa shape index (κ3) is 5.24. The highest BCUT2D eigenvalue weighted by Gasteiger charge is 2.12. The van der Waals surface area contributed by atoms with Gasteiger partial charge in [0, 0.05) is 12.1 Å². The molecule has 3 aromatic rings. The smallest absolute Gasteiger partial charge is 0.320 e. The summed E-state index contributed by atoms with van der Waals surface area (Å²) < 4.78 is 10.6. The predicted octanol–water partition coefficient (Wildman–Crippen LogP) is 2.73. The van der Waals surface area contributed by atoms with Crippen LogP contribution in [-0.2, 0) is 17.8 Å². The summed E-state index contributed by atoms with van der Waals surface area (Å²) in [4.78, 5) is 19.7. The Kier molecular flexibility index (Phi) is 6.82. The van der Waals surface area contributed by atoms with Gasteiger partial charge in [0.25, 0.3) is 0 Å². The molecular formula is C22H24N4O4. The zero-order valence-electron chi connectivity index (χ0n) is 16.8. The number of aromatic nitrogens is 2. The molecule has 0 radical (unpaired) electrons. The lowest BCUT2D eigenvalue weighted by Crippen LogP contribution is -2.32. The molecule has 0 aliphatic rings. The van der Waals surface area contributed by atoms with E-state index in [4.69, 9.17) is 20.3 Å². The Balaban J connectivity index is 1.62. The van der Waals surface area contributed by atoms with Crippen LogP contribution in [0.5, 0.6) is 11.5 Å². The first-order valence-corrected chi connectivity index (χ1v) is 9.34. The topological polar surface area (TPSA) is 120 Å². The molecule has 30 heavy (non-hydrogen) atoms. The summed E-state index contributed by atoms with van der Waals surface area (Å²) in [7, 11) is 3.21. The van der Waals surface area contributed by atoms with Crippen LogP contribution in [0.2, 0.25) is 0 Å². The van der Waals surface area contributed by atoms with Crippen molar-refractivity contribution < 1.29 is 19.4 Å². The number of methoxy groups -OCH3 is 2. The number of hydrogen-bond donors (Lipinski definition) is 3. The Hall–Kier alpha value is -3.65. The van der Waals surface area contributed by atoms with Crippen molar-refractivity contribution in [1.29, 1.82) is 0 Å². The van der Waals surface area contributed by atoms with Gasteiger partial charge in [-0.15, -0.1) is 0 Å². The average Bonchev–Trinajstić information content (AvgIpc) is 2.78. The van der Waals surface area contributed by atoms with Crippen LogP contribution in [0.1, 0.15) is 11.1 Å². The number of anilines is 1. The Bertz CT molecular complexity index is 991. The minimum Gasteiger partial charge on any atom is -0.493 e. The second-order valence-corrected chi connectivity index (χ2v) is 6.68. The molecule has 156 valence electrons. The van der Waals surface area contributed by atoms with Crippen LogP contribution in [0.15, 0.2) is 54.9 Å². The van der Waals surface area contributed by atoms with Crippen LogP contribution in [0.4, 0.5) is 5.82 Å². The second kappa shape index (κ2) is 9.71. The number of nitrogens with zero attached hydrogens (tertiary/aromatic N) is 2. The van der Waals surface area contributed by atoms with Gasteiger partial charge >= 0.3 is 5.97 Å². The number of carbonyl (C=O) groups is 1. The van der Waals surface area contributed by atoms with E-state index in [1.165, 1.54) is 0 Å². The third-order valence-electron chi connectivity index (χ3n) is 4.60. The second-order valence-electron chi connectivity index (χ2n) is 6.68. The molecule has 0 aliphatic heterocycles. The Morgan fingerprint density at radius 1 is 1.03 bits per heavy atom. The molecule has 0 bridgehead atoms. The molecule has 1 atom stereocenters. The summed E-state index contributed by atoms with van der Waals surface area (Å²) in [5, 5.41) is 12.1. The molecule has 2 aromatic carbocycles. The van der Waals surface area contributed by atoms with E-state index in [9.17, 15) is 4.79 Å². The van der Waals surface area contributed by atoms with E-state index in [0.717, 1.165) is 22.4 Å². The highest BCUT2D eigenvalue weighted by molar-refractivity contribution is 5.73. The fourth-order valence-corrected chi connectivity index (χ4v) is 2.90. The maximum atomic E-state index is 10.9. The highest BCUT2D eigenvalue weighted by atomic mass is 16.5. The first-order chi connectivity index (χ1) is 14.5. The van der Waals surface area contributed by atoms with Gasteiger partial charge in [0.2, 0.25) is 0 Å². The zero-order valence-corrected chi connectivity index (χ0v) is 16.8. The van der Waals surface area contributed by atoms with Crippen molar-refractivity contribution in [2.24, 2.45) is 5.73 Å². The number of hydrogen-bond acceptors (Lipinski definition) is 7. The van der Waals surface area contributed by atoms with Crippen LogP contribution < -0.4 is 20.5 Å². The summed E-state index contributed by atoms with van der Waals surface area (Å²) in [6, 6.07) is 12.3. The molecule has 1 aromatic heterocycles. The van der Waals surface area contributed by atoms with Crippen molar-refractivity contribution in [2.45, 2.75) is 19.0 Å². The minimum absolute atomic E-state index is 0.278. The van der Waals surface area contributed by atoms with E-state index in [2.05, 4.69) is 15.3 Å². The summed E-state index contributed by atoms with van der Waals surface area (Å²) in [6.07, 6.45) is 3.64. The number of benzene rings is 2. The van der Waals surface area contributed by atoms with Crippen LogP contribution >= 0.6 is 0 Å². The number of rotatable bonds is 9. The third-order valence-corrected chi connectivity index (χ3v) is 4.60. The standard InChI is InChI=1S/C22H24N4O4/c1-29-19-8-5-15(10-20(19)30-2)11-25-21-13-24-18(12-26-21)16-6-3-14(4-7-16)9-17(23)22(27)28/h3-8,10,12-13,17H,9,11,23H2,1-2H3,(H,25,26)(H,27,28)/t17-/m0/s1. The van der Waals surface area contributed by atoms with Gasteiger partial charge in [-0.2, -0.15) is 0 Å². The van der Waals surface area contributed by atoms with E-state index < -0.39 is 12.0 Å². The van der Waals surface area contributed by atoms with Crippen molar-refractivity contribution in [2.75, 3.05) is 19.5 Å². The fraction of sp³-hybridized carbons (Fsp3) is 0.227. The van der Waals surface area contributed by atoms with Crippen LogP contribution in [-0.4, -0.2) is 41.3 Å². The molecule has 0 saturated carbocycles. The van der Waals surface area contributed by atoms with Crippen molar-refractivity contribution in [3.8, 4) is 22.8 Å². The quantitative estimate of drug-likeness (QED) is 0.494. The maximum absolute atomic E-state index is 10.9. The molecule has 0 aliphatic carbocycles. The molecule has 0 fully saturated rings. The monoisotopic (exact) mass is 408 g/mol. The largest absolute Gasteiger partial charge is 0.493 e. The van der Waals surface area contributed by atoms with Crippen molar-refractivity contribution in [3.63, 3.8) is 0 Å². The van der Waals surface area contributed by atoms with Crippen LogP contribution in [0, 0.1) is 0 Å². The molecule has 8 heteroatoms. The number of nitrogens with one attached hydrogen (secondary N) is 1. The first-order valence-electron chi connectivity index (χ1n) is 9.34. The fourth-order valence-electron chi connectivity index (χ4n) is 2.90. The van der Waals surface area contributed by atoms with Gasteiger partial charge in [-0.25, -0.2) is 4.98 Å². The molecular weight excluding hydrogens is 384 g/mol. The first kappa shape index (κ1) is 21.1. The van der Waals surface area contributed by atoms with Gasteiger partial charge in [-0.1, -0.05) is 30.3 Å². The van der Waals surface area contributed by atoms with Crippen molar-refractivity contribution in [1.82, 2.24) is 9.97 Å². The van der Waals surface area contributed by atoms with Gasteiger partial charge < -0.3 is 25.6 Å². The minimum atomic E-state index is -1.01. The molecule has 3 rings (SSSR count). The van der Waals surface area contributed by atoms with E-state index >= 15 is 0 Å². The van der Waals surface area contributed by atoms with Crippen molar-refractivity contribution >= 4 is 11.8 Å². The highest BCUT2D eigenvalue weighted by Crippen LogP contribution is 2.27. The number of aliphatic carboxylic acids is 1. The Morgan fingerprint density at radius 2 is 1.73 bits per heavy atom. The molecule has 1 heterocycles. The van der Waals surface area contributed by atoms with E-state index in [1.807, 2.05) is 42.5 Å². The maximum Gasteiger partial charge on any atom is 0.320 e. The van der Waals surface area contributed by atoms with Crippen LogP contribution in [0.3, 0.4) is 0 Å². The number of carboxylic acid groups (broad SMARTS) is 1. The molecule has 8 nitrogen and oxygen atoms in total. The average molecular weight is 408 g/mol. The van der Waals surface area contributed by atoms with Gasteiger partial charge in [0.1, 0.15) is 11.9 Å². The molecule has 0 spiro atoms. The lowest BCUT2D eigenvalue weighted by molar-refractivity contribution is -0.138. The van der Waals surface area contributed by atoms with E-state index in [0.29, 0.717) is 23.9 Å². The number of carboxylic acids is 1. The molecule has 0 amide bonds. The lowest BCUT2D eigenvalue weighted by atomic mass is 10.0. The van der Waals surface area contributed by atoms with Gasteiger partial charge in [-0.05, 0) is 29.7 Å². The molecule has 0 unspecified atom stereocenters. The van der Waals surface area contributed by atoms with Gasteiger partial charge in [-0.3, -0.25) is 9.78 Å². The van der Waals surface area contributed by atoms with E-state index in [-0.39, 0.29) is 6.42 Å². The Morgan fingerprint density at radius 3 is 2.33 bits per heavy atom. The number of ether oxygens (including phenoxy) is 2. The number of nitrogens with two attached hydrogens (primary N) is 1. The van der Waals surface area contributed by atoms with Crippen LogP contribution in [0.25, 0.3) is 11.3 Å². The predicted molar refractivity (Wildman–Crippen MR) is 114 cm³/mol.